The minimum Gasteiger partial charge on any atom is -0.493 e. The molecule has 0 saturated carbocycles. The van der Waals surface area contributed by atoms with Crippen molar-refractivity contribution in [1.29, 1.82) is 0 Å². The second kappa shape index (κ2) is 7.65. The zero-order chi connectivity index (χ0) is 14.4. The maximum atomic E-state index is 5.98. The van der Waals surface area contributed by atoms with Gasteiger partial charge in [-0.1, -0.05) is 12.1 Å². The minimum atomic E-state index is 0.471. The summed E-state index contributed by atoms with van der Waals surface area (Å²) in [6, 6.07) is 4.41. The molecule has 1 saturated heterocycles. The van der Waals surface area contributed by atoms with Crippen LogP contribution in [0.4, 0.5) is 0 Å². The van der Waals surface area contributed by atoms with Crippen LogP contribution in [-0.4, -0.2) is 26.4 Å². The van der Waals surface area contributed by atoms with Gasteiger partial charge in [-0.05, 0) is 63.3 Å². The van der Waals surface area contributed by atoms with E-state index in [-0.39, 0.29) is 0 Å². The molecule has 2 rings (SSSR count). The Morgan fingerprint density at radius 3 is 2.65 bits per heavy atom. The molecular weight excluding hydrogens is 250 g/mol. The van der Waals surface area contributed by atoms with E-state index < -0.39 is 0 Å². The van der Waals surface area contributed by atoms with Gasteiger partial charge in [0.05, 0.1) is 12.7 Å². The second-order valence-corrected chi connectivity index (χ2v) is 5.71. The van der Waals surface area contributed by atoms with E-state index in [4.69, 9.17) is 9.47 Å². The quantitative estimate of drug-likeness (QED) is 0.775. The number of rotatable bonds is 7. The highest BCUT2D eigenvalue weighted by Crippen LogP contribution is 2.25. The van der Waals surface area contributed by atoms with Crippen molar-refractivity contribution in [3.8, 4) is 5.75 Å². The van der Waals surface area contributed by atoms with Gasteiger partial charge in [0.1, 0.15) is 5.75 Å². The highest BCUT2D eigenvalue weighted by Gasteiger charge is 2.15. The fourth-order valence-corrected chi connectivity index (χ4v) is 2.93. The molecule has 1 unspecified atom stereocenters. The summed E-state index contributed by atoms with van der Waals surface area (Å²) in [6.45, 7) is 6.88. The van der Waals surface area contributed by atoms with Gasteiger partial charge in [-0.2, -0.15) is 0 Å². The van der Waals surface area contributed by atoms with Crippen LogP contribution >= 0.6 is 0 Å². The van der Waals surface area contributed by atoms with Crippen molar-refractivity contribution in [2.45, 2.75) is 52.2 Å². The zero-order valence-electron chi connectivity index (χ0n) is 13.0. The zero-order valence-corrected chi connectivity index (χ0v) is 13.0. The van der Waals surface area contributed by atoms with Crippen LogP contribution in [-0.2, 0) is 11.3 Å². The summed E-state index contributed by atoms with van der Waals surface area (Å²) in [4.78, 5) is 0. The third kappa shape index (κ3) is 4.22. The normalized spacial score (nSPS) is 18.4. The van der Waals surface area contributed by atoms with E-state index in [1.54, 1.807) is 0 Å². The fourth-order valence-electron chi connectivity index (χ4n) is 2.93. The number of hydrogen-bond acceptors (Lipinski definition) is 3. The number of aryl methyl sites for hydroxylation is 2. The van der Waals surface area contributed by atoms with E-state index in [1.807, 2.05) is 7.05 Å². The summed E-state index contributed by atoms with van der Waals surface area (Å²) in [5.41, 5.74) is 3.77. The minimum absolute atomic E-state index is 0.471. The van der Waals surface area contributed by atoms with Crippen molar-refractivity contribution >= 4 is 0 Å². The Balaban J connectivity index is 1.82. The molecule has 1 aromatic carbocycles. The molecular formula is C17H27NO2. The third-order valence-corrected chi connectivity index (χ3v) is 3.84. The summed E-state index contributed by atoms with van der Waals surface area (Å²) >= 11 is 0. The lowest BCUT2D eigenvalue weighted by molar-refractivity contribution is 0.0980. The Hall–Kier alpha value is -1.06. The second-order valence-electron chi connectivity index (χ2n) is 5.71. The van der Waals surface area contributed by atoms with Crippen LogP contribution in [0.2, 0.25) is 0 Å². The molecule has 3 nitrogen and oxygen atoms in total. The SMILES string of the molecule is CNCc1cc(C)c(OCCCC2CCCO2)c(C)c1. The first-order chi connectivity index (χ1) is 9.70. The monoisotopic (exact) mass is 277 g/mol. The van der Waals surface area contributed by atoms with Crippen molar-refractivity contribution in [2.75, 3.05) is 20.3 Å². The number of nitrogens with one attached hydrogen (secondary N) is 1. The lowest BCUT2D eigenvalue weighted by atomic mass is 10.1. The molecule has 1 N–H and O–H groups in total. The van der Waals surface area contributed by atoms with E-state index in [0.29, 0.717) is 6.10 Å². The predicted molar refractivity (Wildman–Crippen MR) is 82.4 cm³/mol. The first-order valence-corrected chi connectivity index (χ1v) is 7.70. The van der Waals surface area contributed by atoms with Crippen LogP contribution in [0.5, 0.6) is 5.75 Å². The Bertz CT molecular complexity index is 402. The van der Waals surface area contributed by atoms with Crippen molar-refractivity contribution < 1.29 is 9.47 Å². The average Bonchev–Trinajstić information content (AvgIpc) is 2.90. The van der Waals surface area contributed by atoms with Crippen LogP contribution in [0.3, 0.4) is 0 Å². The Morgan fingerprint density at radius 1 is 1.30 bits per heavy atom. The van der Waals surface area contributed by atoms with Gasteiger partial charge in [0.15, 0.2) is 0 Å². The first kappa shape index (κ1) is 15.3. The molecule has 20 heavy (non-hydrogen) atoms. The Labute approximate surface area is 122 Å². The first-order valence-electron chi connectivity index (χ1n) is 7.70. The van der Waals surface area contributed by atoms with Crippen LogP contribution in [0.25, 0.3) is 0 Å². The number of hydrogen-bond donors (Lipinski definition) is 1. The van der Waals surface area contributed by atoms with Crippen LogP contribution in [0.15, 0.2) is 12.1 Å². The lowest BCUT2D eigenvalue weighted by Gasteiger charge is -2.15. The van der Waals surface area contributed by atoms with Crippen LogP contribution < -0.4 is 10.1 Å². The third-order valence-electron chi connectivity index (χ3n) is 3.84. The van der Waals surface area contributed by atoms with Gasteiger partial charge >= 0.3 is 0 Å². The fraction of sp³-hybridized carbons (Fsp3) is 0.647. The van der Waals surface area contributed by atoms with Gasteiger partial charge in [0, 0.05) is 13.2 Å². The maximum absolute atomic E-state index is 5.98. The van der Waals surface area contributed by atoms with E-state index in [0.717, 1.165) is 38.3 Å². The molecule has 1 atom stereocenters. The van der Waals surface area contributed by atoms with Gasteiger partial charge in [0.2, 0.25) is 0 Å². The summed E-state index contributed by atoms with van der Waals surface area (Å²) in [6.07, 6.45) is 5.10. The van der Waals surface area contributed by atoms with E-state index in [2.05, 4.69) is 31.3 Å². The molecule has 1 aliphatic rings. The number of benzene rings is 1. The topological polar surface area (TPSA) is 30.5 Å². The Kier molecular flexibility index (Phi) is 5.86. The summed E-state index contributed by atoms with van der Waals surface area (Å²) in [5, 5.41) is 3.19. The average molecular weight is 277 g/mol. The van der Waals surface area contributed by atoms with Gasteiger partial charge in [0.25, 0.3) is 0 Å². The molecule has 0 bridgehead atoms. The van der Waals surface area contributed by atoms with Crippen molar-refractivity contribution in [3.63, 3.8) is 0 Å². The van der Waals surface area contributed by atoms with Crippen molar-refractivity contribution in [1.82, 2.24) is 5.32 Å². The smallest absolute Gasteiger partial charge is 0.125 e. The largest absolute Gasteiger partial charge is 0.493 e. The molecule has 1 fully saturated rings. The maximum Gasteiger partial charge on any atom is 0.125 e. The predicted octanol–water partition coefficient (Wildman–Crippen LogP) is 3.36. The molecule has 1 aliphatic heterocycles. The van der Waals surface area contributed by atoms with Gasteiger partial charge in [-0.15, -0.1) is 0 Å². The lowest BCUT2D eigenvalue weighted by Crippen LogP contribution is -2.09. The molecule has 0 aromatic heterocycles. The molecule has 1 aromatic rings. The molecule has 1 heterocycles. The molecule has 3 heteroatoms. The van der Waals surface area contributed by atoms with Gasteiger partial charge in [-0.25, -0.2) is 0 Å². The van der Waals surface area contributed by atoms with Crippen LogP contribution in [0, 0.1) is 13.8 Å². The summed E-state index contributed by atoms with van der Waals surface area (Å²) in [5.74, 6) is 1.05. The van der Waals surface area contributed by atoms with E-state index in [9.17, 15) is 0 Å². The standard InChI is InChI=1S/C17H27NO2/c1-13-10-15(12-18-3)11-14(2)17(13)20-9-5-7-16-6-4-8-19-16/h10-11,16,18H,4-9,12H2,1-3H3. The number of ether oxygens (including phenoxy) is 2. The highest BCUT2D eigenvalue weighted by molar-refractivity contribution is 5.43. The summed E-state index contributed by atoms with van der Waals surface area (Å²) < 4.78 is 11.6. The summed E-state index contributed by atoms with van der Waals surface area (Å²) in [7, 11) is 1.97. The van der Waals surface area contributed by atoms with Crippen molar-refractivity contribution in [2.24, 2.45) is 0 Å². The van der Waals surface area contributed by atoms with Gasteiger partial charge in [-0.3, -0.25) is 0 Å². The molecule has 0 spiro atoms. The van der Waals surface area contributed by atoms with Crippen molar-refractivity contribution in [3.05, 3.63) is 28.8 Å². The molecule has 0 radical (unpaired) electrons. The Morgan fingerprint density at radius 2 is 2.05 bits per heavy atom. The van der Waals surface area contributed by atoms with Crippen LogP contribution in [0.1, 0.15) is 42.4 Å². The molecule has 0 amide bonds. The highest BCUT2D eigenvalue weighted by atomic mass is 16.5. The van der Waals surface area contributed by atoms with E-state index >= 15 is 0 Å². The van der Waals surface area contributed by atoms with E-state index in [1.165, 1.54) is 29.5 Å². The molecule has 112 valence electrons. The van der Waals surface area contributed by atoms with Gasteiger partial charge < -0.3 is 14.8 Å². The molecule has 0 aliphatic carbocycles.